The van der Waals surface area contributed by atoms with Crippen LogP contribution in [-0.2, 0) is 22.8 Å². The molecule has 3 aromatic rings. The third-order valence-electron chi connectivity index (χ3n) is 5.04. The fraction of sp³-hybridized carbons (Fsp3) is 0.273. The minimum absolute atomic E-state index is 0.103. The summed E-state index contributed by atoms with van der Waals surface area (Å²) in [5.41, 5.74) is 1.33. The molecule has 1 atom stereocenters. The Hall–Kier alpha value is -3.33. The smallest absolute Gasteiger partial charge is 0.350 e. The van der Waals surface area contributed by atoms with Crippen molar-refractivity contribution in [2.75, 3.05) is 26.0 Å². The van der Waals surface area contributed by atoms with Crippen molar-refractivity contribution in [3.63, 3.8) is 0 Å². The van der Waals surface area contributed by atoms with Gasteiger partial charge in [-0.05, 0) is 50.0 Å². The number of amides is 2. The van der Waals surface area contributed by atoms with E-state index in [0.29, 0.717) is 0 Å². The summed E-state index contributed by atoms with van der Waals surface area (Å²) in [7, 11) is 5.69. The molecule has 9 heteroatoms. The van der Waals surface area contributed by atoms with Crippen molar-refractivity contribution >= 4 is 28.4 Å². The van der Waals surface area contributed by atoms with Crippen LogP contribution in [0.4, 0.5) is 18.9 Å². The van der Waals surface area contributed by atoms with Gasteiger partial charge in [-0.2, -0.15) is 13.2 Å². The predicted octanol–water partition coefficient (Wildman–Crippen LogP) is 3.55. The third kappa shape index (κ3) is 5.05. The Labute approximate surface area is 177 Å². The number of carbonyl (C=O) groups is 2. The molecule has 1 aromatic heterocycles. The summed E-state index contributed by atoms with van der Waals surface area (Å²) in [6.45, 7) is 0.181. The van der Waals surface area contributed by atoms with E-state index in [4.69, 9.17) is 0 Å². The molecule has 0 fully saturated rings. The number of benzene rings is 2. The van der Waals surface area contributed by atoms with Gasteiger partial charge in [-0.3, -0.25) is 9.59 Å². The Morgan fingerprint density at radius 3 is 2.29 bits per heavy atom. The van der Waals surface area contributed by atoms with Gasteiger partial charge in [0.2, 0.25) is 0 Å². The highest BCUT2D eigenvalue weighted by Crippen LogP contribution is 2.30. The van der Waals surface area contributed by atoms with Crippen molar-refractivity contribution in [1.29, 1.82) is 0 Å². The quantitative estimate of drug-likeness (QED) is 0.606. The van der Waals surface area contributed by atoms with Gasteiger partial charge in [0.25, 0.3) is 0 Å². The van der Waals surface area contributed by atoms with Gasteiger partial charge >= 0.3 is 18.0 Å². The van der Waals surface area contributed by atoms with Gasteiger partial charge in [0.1, 0.15) is 0 Å². The minimum atomic E-state index is -4.47. The number of alkyl halides is 3. The number of hydrogen-bond acceptors (Lipinski definition) is 3. The minimum Gasteiger partial charge on any atom is -0.350 e. The molecule has 3 rings (SSSR count). The van der Waals surface area contributed by atoms with Gasteiger partial charge in [0, 0.05) is 36.4 Å². The van der Waals surface area contributed by atoms with E-state index in [1.165, 1.54) is 0 Å². The zero-order valence-electron chi connectivity index (χ0n) is 17.3. The summed E-state index contributed by atoms with van der Waals surface area (Å²) < 4.78 is 39.9. The van der Waals surface area contributed by atoms with E-state index >= 15 is 0 Å². The highest BCUT2D eigenvalue weighted by Gasteiger charge is 2.30. The second kappa shape index (κ2) is 8.81. The molecule has 0 bridgehead atoms. The Morgan fingerprint density at radius 1 is 1.03 bits per heavy atom. The van der Waals surface area contributed by atoms with Crippen LogP contribution >= 0.6 is 0 Å². The van der Waals surface area contributed by atoms with E-state index in [9.17, 15) is 22.8 Å². The molecule has 0 spiro atoms. The molecule has 0 aliphatic carbocycles. The lowest BCUT2D eigenvalue weighted by Crippen LogP contribution is -2.40. The second-order valence-electron chi connectivity index (χ2n) is 7.43. The second-order valence-corrected chi connectivity index (χ2v) is 7.43. The number of rotatable bonds is 5. The van der Waals surface area contributed by atoms with Crippen LogP contribution in [0.2, 0.25) is 0 Å². The van der Waals surface area contributed by atoms with E-state index in [-0.39, 0.29) is 18.3 Å². The molecule has 1 unspecified atom stereocenters. The lowest BCUT2D eigenvalue weighted by Gasteiger charge is -2.24. The first kappa shape index (κ1) is 22.4. The molecule has 0 aliphatic rings. The summed E-state index contributed by atoms with van der Waals surface area (Å²) in [6, 6.07) is 11.6. The number of anilines is 1. The van der Waals surface area contributed by atoms with Gasteiger partial charge in [-0.15, -0.1) is 0 Å². The molecular weight excluding hydrogens is 409 g/mol. The summed E-state index contributed by atoms with van der Waals surface area (Å²) in [6.07, 6.45) is -2.48. The van der Waals surface area contributed by atoms with Gasteiger partial charge in [-0.25, -0.2) is 0 Å². The van der Waals surface area contributed by atoms with Crippen molar-refractivity contribution in [3.05, 3.63) is 65.9 Å². The van der Waals surface area contributed by atoms with Crippen LogP contribution in [0, 0.1) is 0 Å². The van der Waals surface area contributed by atoms with Crippen LogP contribution in [0.15, 0.2) is 54.7 Å². The summed E-state index contributed by atoms with van der Waals surface area (Å²) >= 11 is 0. The van der Waals surface area contributed by atoms with E-state index in [1.54, 1.807) is 0 Å². The average Bonchev–Trinajstić information content (AvgIpc) is 3.04. The number of hydrogen-bond donors (Lipinski definition) is 2. The maximum Gasteiger partial charge on any atom is 0.416 e. The van der Waals surface area contributed by atoms with Crippen molar-refractivity contribution < 1.29 is 22.8 Å². The van der Waals surface area contributed by atoms with Crippen LogP contribution in [0.3, 0.4) is 0 Å². The van der Waals surface area contributed by atoms with E-state index < -0.39 is 23.6 Å². The van der Waals surface area contributed by atoms with Crippen LogP contribution in [0.1, 0.15) is 17.2 Å². The molecule has 1 heterocycles. The summed E-state index contributed by atoms with van der Waals surface area (Å²) in [5.74, 6) is -1.82. The lowest BCUT2D eigenvalue weighted by molar-refractivity contribution is -0.137. The highest BCUT2D eigenvalue weighted by atomic mass is 19.4. The summed E-state index contributed by atoms with van der Waals surface area (Å²) in [5, 5.41) is 5.97. The lowest BCUT2D eigenvalue weighted by atomic mass is 10.0. The Balaban J connectivity index is 1.67. The Kier molecular flexibility index (Phi) is 6.35. The van der Waals surface area contributed by atoms with E-state index in [0.717, 1.165) is 40.7 Å². The molecule has 2 amide bonds. The number of carbonyl (C=O) groups excluding carboxylic acids is 2. The maximum absolute atomic E-state index is 12.6. The molecule has 2 N–H and O–H groups in total. The zero-order valence-corrected chi connectivity index (χ0v) is 17.3. The van der Waals surface area contributed by atoms with E-state index in [1.807, 2.05) is 61.1 Å². The fourth-order valence-electron chi connectivity index (χ4n) is 3.41. The number of likely N-dealkylation sites (N-methyl/N-ethyl adjacent to an activating group) is 1. The number of nitrogens with zero attached hydrogens (tertiary/aromatic N) is 2. The molecule has 0 radical (unpaired) electrons. The number of aromatic nitrogens is 1. The van der Waals surface area contributed by atoms with Crippen molar-refractivity contribution in [1.82, 2.24) is 14.8 Å². The SMILES string of the molecule is CN(C)C(CNC(=O)C(=O)Nc1ccc(C(F)(F)F)cc1)c1cn(C)c2ccccc12. The molecule has 31 heavy (non-hydrogen) atoms. The topological polar surface area (TPSA) is 66.4 Å². The monoisotopic (exact) mass is 432 g/mol. The number of aryl methyl sites for hydroxylation is 1. The van der Waals surface area contributed by atoms with Gasteiger partial charge in [0.05, 0.1) is 11.6 Å². The standard InChI is InChI=1S/C22H23F3N4O2/c1-28(2)19(17-13-29(3)18-7-5-4-6-16(17)18)12-26-20(30)21(31)27-15-10-8-14(9-11-15)22(23,24)25/h4-11,13,19H,12H2,1-3H3,(H,26,30)(H,27,31). The molecular formula is C22H23F3N4O2. The van der Waals surface area contributed by atoms with Crippen molar-refractivity contribution in [2.24, 2.45) is 7.05 Å². The molecule has 0 saturated heterocycles. The van der Waals surface area contributed by atoms with Gasteiger partial charge in [-0.1, -0.05) is 18.2 Å². The van der Waals surface area contributed by atoms with Gasteiger partial charge in [0.15, 0.2) is 0 Å². The normalized spacial score (nSPS) is 12.7. The Morgan fingerprint density at radius 2 is 1.68 bits per heavy atom. The van der Waals surface area contributed by atoms with Crippen LogP contribution in [0.5, 0.6) is 0 Å². The number of halogens is 3. The molecule has 164 valence electrons. The molecule has 2 aromatic carbocycles. The van der Waals surface area contributed by atoms with E-state index in [2.05, 4.69) is 10.6 Å². The maximum atomic E-state index is 12.6. The first-order valence-electron chi connectivity index (χ1n) is 9.54. The first-order valence-corrected chi connectivity index (χ1v) is 9.54. The third-order valence-corrected chi connectivity index (χ3v) is 5.04. The van der Waals surface area contributed by atoms with Crippen LogP contribution < -0.4 is 10.6 Å². The largest absolute Gasteiger partial charge is 0.416 e. The average molecular weight is 432 g/mol. The molecule has 0 saturated carbocycles. The number of nitrogens with one attached hydrogen (secondary N) is 2. The molecule has 0 aliphatic heterocycles. The van der Waals surface area contributed by atoms with Crippen molar-refractivity contribution in [3.8, 4) is 0 Å². The number of fused-ring (bicyclic) bond motifs is 1. The highest BCUT2D eigenvalue weighted by molar-refractivity contribution is 6.39. The summed E-state index contributed by atoms with van der Waals surface area (Å²) in [4.78, 5) is 26.4. The fourth-order valence-corrected chi connectivity index (χ4v) is 3.41. The predicted molar refractivity (Wildman–Crippen MR) is 112 cm³/mol. The number of para-hydroxylation sites is 1. The van der Waals surface area contributed by atoms with Crippen LogP contribution in [-0.4, -0.2) is 41.9 Å². The zero-order chi connectivity index (χ0) is 22.8. The first-order chi connectivity index (χ1) is 14.6. The van der Waals surface area contributed by atoms with Crippen LogP contribution in [0.25, 0.3) is 10.9 Å². The van der Waals surface area contributed by atoms with Gasteiger partial charge < -0.3 is 20.1 Å². The van der Waals surface area contributed by atoms with Crippen molar-refractivity contribution in [2.45, 2.75) is 12.2 Å². The molecule has 6 nitrogen and oxygen atoms in total. The Bertz CT molecular complexity index is 1090.